The van der Waals surface area contributed by atoms with Gasteiger partial charge >= 0.3 is 5.51 Å². The molecule has 10 heteroatoms. The molecule has 0 aromatic heterocycles. The number of benzene rings is 1. The number of hydrogen-bond donors (Lipinski definition) is 2. The van der Waals surface area contributed by atoms with Crippen LogP contribution in [-0.4, -0.2) is 31.2 Å². The van der Waals surface area contributed by atoms with Gasteiger partial charge < -0.3 is 5.73 Å². The predicted octanol–water partition coefficient (Wildman–Crippen LogP) is 2.16. The molecule has 0 aliphatic carbocycles. The summed E-state index contributed by atoms with van der Waals surface area (Å²) in [6, 6.07) is 4.14. The minimum absolute atomic E-state index is 0.0444. The summed E-state index contributed by atoms with van der Waals surface area (Å²) in [6.07, 6.45) is 0. The lowest BCUT2D eigenvalue weighted by atomic mass is 10.1. The molecule has 0 unspecified atom stereocenters. The topological polar surface area (TPSA) is 72.2 Å². The normalized spacial score (nSPS) is 12.4. The highest BCUT2D eigenvalue weighted by atomic mass is 32.2. The van der Waals surface area contributed by atoms with Crippen LogP contribution in [0.2, 0.25) is 0 Å². The van der Waals surface area contributed by atoms with Crippen LogP contribution in [0.5, 0.6) is 0 Å². The number of aryl methyl sites for hydroxylation is 1. The predicted molar refractivity (Wildman–Crippen MR) is 80.8 cm³/mol. The molecule has 0 saturated carbocycles. The maximum atomic E-state index is 11.9. The zero-order valence-corrected chi connectivity index (χ0v) is 13.3. The minimum atomic E-state index is -4.37. The Morgan fingerprint density at radius 3 is 2.52 bits per heavy atom. The fourth-order valence-electron chi connectivity index (χ4n) is 1.51. The lowest BCUT2D eigenvalue weighted by molar-refractivity contribution is -0.0327. The second-order valence-electron chi connectivity index (χ2n) is 4.03. The van der Waals surface area contributed by atoms with Crippen LogP contribution in [0.4, 0.5) is 13.2 Å². The second-order valence-corrected chi connectivity index (χ2v) is 7.40. The van der Waals surface area contributed by atoms with E-state index in [9.17, 15) is 21.6 Å². The summed E-state index contributed by atoms with van der Waals surface area (Å²) in [5.41, 5.74) is 2.23. The highest BCUT2D eigenvalue weighted by Crippen LogP contribution is 2.29. The molecule has 3 N–H and O–H groups in total. The Morgan fingerprint density at radius 1 is 1.43 bits per heavy atom. The number of nitrogens with two attached hydrogens (primary N) is 1. The molecule has 0 amide bonds. The van der Waals surface area contributed by atoms with E-state index in [1.54, 1.807) is 6.92 Å². The Labute approximate surface area is 130 Å². The quantitative estimate of drug-likeness (QED) is 0.602. The Morgan fingerprint density at radius 2 is 2.05 bits per heavy atom. The number of halogens is 3. The van der Waals surface area contributed by atoms with Gasteiger partial charge in [-0.1, -0.05) is 18.3 Å². The molecule has 0 heterocycles. The molecular weight excluding hydrogens is 345 g/mol. The molecule has 0 atom stereocenters. The summed E-state index contributed by atoms with van der Waals surface area (Å²) in [7, 11) is -3.86. The Bertz CT molecular complexity index is 630. The SMILES string of the molecule is Cc1cc(S(=O)(=O)NCCSC(F)(F)F)ccc1C(N)=S. The molecule has 1 aromatic rings. The number of hydrogen-bond acceptors (Lipinski definition) is 4. The average molecular weight is 358 g/mol. The number of alkyl halides is 3. The highest BCUT2D eigenvalue weighted by molar-refractivity contribution is 8.00. The maximum Gasteiger partial charge on any atom is 0.441 e. The molecular formula is C11H13F3N2O2S3. The van der Waals surface area contributed by atoms with E-state index in [2.05, 4.69) is 4.72 Å². The van der Waals surface area contributed by atoms with Crippen molar-refractivity contribution in [1.29, 1.82) is 0 Å². The van der Waals surface area contributed by atoms with Crippen molar-refractivity contribution in [1.82, 2.24) is 4.72 Å². The lowest BCUT2D eigenvalue weighted by Gasteiger charge is -2.10. The first-order valence-corrected chi connectivity index (χ1v) is 8.51. The van der Waals surface area contributed by atoms with Gasteiger partial charge in [0, 0.05) is 17.9 Å². The Kier molecular flexibility index (Phi) is 6.02. The molecule has 4 nitrogen and oxygen atoms in total. The van der Waals surface area contributed by atoms with Crippen molar-refractivity contribution < 1.29 is 21.6 Å². The lowest BCUT2D eigenvalue weighted by Crippen LogP contribution is -2.27. The fourth-order valence-corrected chi connectivity index (χ4v) is 3.42. The number of nitrogens with one attached hydrogen (secondary N) is 1. The van der Waals surface area contributed by atoms with E-state index < -0.39 is 21.3 Å². The van der Waals surface area contributed by atoms with Crippen LogP contribution < -0.4 is 10.5 Å². The third kappa shape index (κ3) is 5.81. The molecule has 0 spiro atoms. The Hall–Kier alpha value is -0.840. The van der Waals surface area contributed by atoms with Crippen LogP contribution in [0.3, 0.4) is 0 Å². The van der Waals surface area contributed by atoms with E-state index in [4.69, 9.17) is 18.0 Å². The van der Waals surface area contributed by atoms with Gasteiger partial charge in [0.05, 0.1) is 4.90 Å². The molecule has 0 bridgehead atoms. The van der Waals surface area contributed by atoms with Crippen LogP contribution in [0.25, 0.3) is 0 Å². The Balaban J connectivity index is 2.75. The summed E-state index contributed by atoms with van der Waals surface area (Å²) in [5, 5.41) is 0. The number of sulfonamides is 1. The van der Waals surface area contributed by atoms with Gasteiger partial charge in [0.15, 0.2) is 0 Å². The van der Waals surface area contributed by atoms with Gasteiger partial charge in [-0.2, -0.15) is 13.2 Å². The first-order chi connectivity index (χ1) is 9.53. The summed E-state index contributed by atoms with van der Waals surface area (Å²) >= 11 is 4.53. The van der Waals surface area contributed by atoms with Crippen LogP contribution in [0.1, 0.15) is 11.1 Å². The van der Waals surface area contributed by atoms with Gasteiger partial charge in [0.1, 0.15) is 4.99 Å². The molecule has 1 aromatic carbocycles. The monoisotopic (exact) mass is 358 g/mol. The minimum Gasteiger partial charge on any atom is -0.389 e. The molecule has 21 heavy (non-hydrogen) atoms. The van der Waals surface area contributed by atoms with E-state index in [0.717, 1.165) is 0 Å². The molecule has 118 valence electrons. The molecule has 0 aliphatic rings. The fraction of sp³-hybridized carbons (Fsp3) is 0.364. The largest absolute Gasteiger partial charge is 0.441 e. The van der Waals surface area contributed by atoms with Crippen LogP contribution in [0.15, 0.2) is 23.1 Å². The van der Waals surface area contributed by atoms with Gasteiger partial charge in [-0.3, -0.25) is 0 Å². The summed E-state index contributed by atoms with van der Waals surface area (Å²) in [4.78, 5) is 0.1000. The van der Waals surface area contributed by atoms with Crippen molar-refractivity contribution in [3.63, 3.8) is 0 Å². The van der Waals surface area contributed by atoms with Crippen molar-refractivity contribution in [2.24, 2.45) is 5.73 Å². The van der Waals surface area contributed by atoms with Crippen LogP contribution in [-0.2, 0) is 10.0 Å². The van der Waals surface area contributed by atoms with Crippen molar-refractivity contribution in [2.45, 2.75) is 17.3 Å². The van der Waals surface area contributed by atoms with E-state index in [-0.39, 0.29) is 28.2 Å². The number of thiocarbonyl (C=S) groups is 1. The number of thioether (sulfide) groups is 1. The van der Waals surface area contributed by atoms with Crippen molar-refractivity contribution >= 4 is 39.0 Å². The second kappa shape index (κ2) is 6.95. The zero-order valence-electron chi connectivity index (χ0n) is 10.9. The smallest absolute Gasteiger partial charge is 0.389 e. The molecule has 1 rings (SSSR count). The van der Waals surface area contributed by atoms with Crippen LogP contribution >= 0.6 is 24.0 Å². The van der Waals surface area contributed by atoms with E-state index in [1.165, 1.54) is 18.2 Å². The van der Waals surface area contributed by atoms with E-state index in [0.29, 0.717) is 11.1 Å². The van der Waals surface area contributed by atoms with Gasteiger partial charge in [-0.15, -0.1) is 0 Å². The van der Waals surface area contributed by atoms with Gasteiger partial charge in [-0.25, -0.2) is 13.1 Å². The van der Waals surface area contributed by atoms with E-state index >= 15 is 0 Å². The molecule has 0 radical (unpaired) electrons. The summed E-state index contributed by atoms with van der Waals surface area (Å²) in [5.74, 6) is -0.396. The van der Waals surface area contributed by atoms with Gasteiger partial charge in [-0.05, 0) is 36.4 Å². The van der Waals surface area contributed by atoms with Gasteiger partial charge in [0.25, 0.3) is 0 Å². The van der Waals surface area contributed by atoms with Crippen molar-refractivity contribution in [2.75, 3.05) is 12.3 Å². The number of rotatable bonds is 6. The standard InChI is InChI=1S/C11H13F3N2O2S3/c1-7-6-8(2-3-9(7)10(15)19)21(17,18)16-4-5-20-11(12,13)14/h2-3,6,16H,4-5H2,1H3,(H2,15,19). The molecule has 0 saturated heterocycles. The maximum absolute atomic E-state index is 11.9. The first kappa shape index (κ1) is 18.2. The highest BCUT2D eigenvalue weighted by Gasteiger charge is 2.27. The average Bonchev–Trinajstić information content (AvgIpc) is 2.33. The van der Waals surface area contributed by atoms with Crippen LogP contribution in [0, 0.1) is 6.92 Å². The van der Waals surface area contributed by atoms with Gasteiger partial charge in [0.2, 0.25) is 10.0 Å². The van der Waals surface area contributed by atoms with E-state index in [1.807, 2.05) is 0 Å². The molecule has 0 aliphatic heterocycles. The third-order valence-corrected chi connectivity index (χ3v) is 4.85. The van der Waals surface area contributed by atoms with Crippen molar-refractivity contribution in [3.8, 4) is 0 Å². The van der Waals surface area contributed by atoms with Crippen molar-refractivity contribution in [3.05, 3.63) is 29.3 Å². The summed E-state index contributed by atoms with van der Waals surface area (Å²) < 4.78 is 61.8. The molecule has 0 fully saturated rings. The summed E-state index contributed by atoms with van der Waals surface area (Å²) in [6.45, 7) is 1.33. The zero-order chi connectivity index (χ0) is 16.3. The first-order valence-electron chi connectivity index (χ1n) is 5.64. The third-order valence-electron chi connectivity index (χ3n) is 2.43.